The molecule has 0 spiro atoms. The lowest BCUT2D eigenvalue weighted by molar-refractivity contribution is 0.674. The number of hydrogen-bond donors (Lipinski definition) is 0. The van der Waals surface area contributed by atoms with Gasteiger partial charge >= 0.3 is 0 Å². The van der Waals surface area contributed by atoms with E-state index in [1.165, 1.54) is 14.8 Å². The zero-order chi connectivity index (χ0) is 35.8. The number of rotatable bonds is 4. The Bertz CT molecular complexity index is 3350. The fraction of sp³-hybridized carbons (Fsp3) is 0. The van der Waals surface area contributed by atoms with Crippen molar-refractivity contribution in [2.45, 2.75) is 0 Å². The summed E-state index contributed by atoms with van der Waals surface area (Å²) in [5.74, 6) is 1.83. The van der Waals surface area contributed by atoms with Crippen LogP contribution in [0.3, 0.4) is 0 Å². The Hall–Kier alpha value is -7.20. The van der Waals surface area contributed by atoms with E-state index >= 15 is 0 Å². The Morgan fingerprint density at radius 2 is 1.07 bits per heavy atom. The number of furan rings is 1. The van der Waals surface area contributed by atoms with E-state index in [9.17, 15) is 5.26 Å². The van der Waals surface area contributed by atoms with Crippen molar-refractivity contribution in [1.29, 1.82) is 5.26 Å². The van der Waals surface area contributed by atoms with Crippen LogP contribution in [0.25, 0.3) is 109 Å². The summed E-state index contributed by atoms with van der Waals surface area (Å²) in [5.41, 5.74) is 6.98. The molecule has 11 aromatic rings. The third kappa shape index (κ3) is 4.73. The second kappa shape index (κ2) is 11.9. The molecule has 0 unspecified atom stereocenters. The molecule has 0 N–H and O–H groups in total. The molecular formula is C48H26N4OS. The van der Waals surface area contributed by atoms with E-state index in [2.05, 4.69) is 127 Å². The molecule has 6 heteroatoms. The van der Waals surface area contributed by atoms with Gasteiger partial charge in [-0.1, -0.05) is 121 Å². The van der Waals surface area contributed by atoms with Crippen LogP contribution in [0.1, 0.15) is 5.56 Å². The summed E-state index contributed by atoms with van der Waals surface area (Å²) in [5, 5.41) is 18.0. The Labute approximate surface area is 313 Å². The summed E-state index contributed by atoms with van der Waals surface area (Å²) in [6.07, 6.45) is 0. The van der Waals surface area contributed by atoms with Gasteiger partial charge in [0.25, 0.3) is 0 Å². The molecule has 0 saturated carbocycles. The monoisotopic (exact) mass is 706 g/mol. The van der Waals surface area contributed by atoms with Gasteiger partial charge in [0.05, 0.1) is 11.6 Å². The molecule has 5 nitrogen and oxygen atoms in total. The molecule has 11 rings (SSSR count). The zero-order valence-corrected chi connectivity index (χ0v) is 29.4. The van der Waals surface area contributed by atoms with Crippen molar-refractivity contribution in [3.63, 3.8) is 0 Å². The van der Waals surface area contributed by atoms with Gasteiger partial charge in [0.1, 0.15) is 11.2 Å². The normalized spacial score (nSPS) is 11.7. The molecule has 0 bridgehead atoms. The number of benzene rings is 8. The van der Waals surface area contributed by atoms with Crippen LogP contribution in [0.2, 0.25) is 0 Å². The van der Waals surface area contributed by atoms with Crippen LogP contribution in [0.15, 0.2) is 162 Å². The van der Waals surface area contributed by atoms with Gasteiger partial charge in [0.2, 0.25) is 0 Å². The minimum atomic E-state index is 0.593. The van der Waals surface area contributed by atoms with Crippen LogP contribution >= 0.6 is 11.3 Å². The lowest BCUT2D eigenvalue weighted by atomic mass is 9.98. The van der Waals surface area contributed by atoms with Crippen molar-refractivity contribution < 1.29 is 4.42 Å². The average molecular weight is 707 g/mol. The molecule has 0 fully saturated rings. The van der Waals surface area contributed by atoms with Gasteiger partial charge in [-0.15, -0.1) is 11.3 Å². The fourth-order valence-corrected chi connectivity index (χ4v) is 8.92. The molecule has 0 atom stereocenters. The van der Waals surface area contributed by atoms with Gasteiger partial charge in [-0.3, -0.25) is 0 Å². The van der Waals surface area contributed by atoms with Crippen molar-refractivity contribution in [2.24, 2.45) is 0 Å². The van der Waals surface area contributed by atoms with Crippen molar-refractivity contribution in [3.8, 4) is 51.4 Å². The van der Waals surface area contributed by atoms with Crippen molar-refractivity contribution >= 4 is 75.0 Å². The van der Waals surface area contributed by atoms with Crippen LogP contribution in [0.4, 0.5) is 0 Å². The van der Waals surface area contributed by atoms with Crippen molar-refractivity contribution in [2.75, 3.05) is 0 Å². The molecule has 8 aromatic carbocycles. The van der Waals surface area contributed by atoms with E-state index in [1.807, 2.05) is 36.4 Å². The molecule has 0 aliphatic rings. The highest BCUT2D eigenvalue weighted by Crippen LogP contribution is 2.43. The van der Waals surface area contributed by atoms with Gasteiger partial charge in [0, 0.05) is 58.6 Å². The smallest absolute Gasteiger partial charge is 0.164 e. The Balaban J connectivity index is 1.20. The first-order valence-electron chi connectivity index (χ1n) is 17.7. The highest BCUT2D eigenvalue weighted by Gasteiger charge is 2.21. The summed E-state index contributed by atoms with van der Waals surface area (Å²) >= 11 is 1.78. The van der Waals surface area contributed by atoms with Gasteiger partial charge in [-0.2, -0.15) is 5.26 Å². The average Bonchev–Trinajstić information content (AvgIpc) is 3.82. The quantitative estimate of drug-likeness (QED) is 0.182. The zero-order valence-electron chi connectivity index (χ0n) is 28.6. The highest BCUT2D eigenvalue weighted by molar-refractivity contribution is 7.25. The molecule has 0 amide bonds. The van der Waals surface area contributed by atoms with Gasteiger partial charge in [0.15, 0.2) is 17.5 Å². The Morgan fingerprint density at radius 3 is 1.93 bits per heavy atom. The molecule has 0 saturated heterocycles. The molecule has 3 heterocycles. The van der Waals surface area contributed by atoms with Crippen LogP contribution < -0.4 is 0 Å². The van der Waals surface area contributed by atoms with Gasteiger partial charge < -0.3 is 4.42 Å². The molecule has 250 valence electrons. The molecule has 54 heavy (non-hydrogen) atoms. The van der Waals surface area contributed by atoms with Crippen LogP contribution in [-0.4, -0.2) is 15.0 Å². The highest BCUT2D eigenvalue weighted by atomic mass is 32.1. The van der Waals surface area contributed by atoms with Crippen LogP contribution in [0.5, 0.6) is 0 Å². The number of nitrogens with zero attached hydrogens (tertiary/aromatic N) is 4. The maximum atomic E-state index is 9.39. The topological polar surface area (TPSA) is 75.6 Å². The maximum Gasteiger partial charge on any atom is 0.164 e. The van der Waals surface area contributed by atoms with E-state index in [-0.39, 0.29) is 0 Å². The standard InChI is InChI=1S/C48H26N4OS/c49-27-28-19-21-30(22-20-28)33-14-7-15-36-39-26-40(34-11-3-4-12-35(34)45(39)53-44(33)36)48-51-46(32-24-23-29-9-1-2-10-31(29)25-32)50-47(52-48)38-16-8-18-42-43(38)37-13-5-6-17-41(37)54-42/h1-26H. The second-order valence-electron chi connectivity index (χ2n) is 13.5. The summed E-state index contributed by atoms with van der Waals surface area (Å²) in [6.45, 7) is 0. The van der Waals surface area contributed by atoms with Crippen LogP contribution in [0, 0.1) is 11.3 Å². The summed E-state index contributed by atoms with van der Waals surface area (Å²) < 4.78 is 9.21. The van der Waals surface area contributed by atoms with E-state index < -0.39 is 0 Å². The second-order valence-corrected chi connectivity index (χ2v) is 14.5. The first-order valence-corrected chi connectivity index (χ1v) is 18.6. The molecule has 0 aliphatic heterocycles. The summed E-state index contributed by atoms with van der Waals surface area (Å²) in [6, 6.07) is 56.3. The number of nitriles is 1. The molecule has 0 aliphatic carbocycles. The molecule has 0 radical (unpaired) electrons. The summed E-state index contributed by atoms with van der Waals surface area (Å²) in [7, 11) is 0. The predicted octanol–water partition coefficient (Wildman–Crippen LogP) is 13.0. The molecular weight excluding hydrogens is 681 g/mol. The largest absolute Gasteiger partial charge is 0.455 e. The molecule has 3 aromatic heterocycles. The lowest BCUT2D eigenvalue weighted by Gasteiger charge is -2.12. The Kier molecular flexibility index (Phi) is 6.72. The van der Waals surface area contributed by atoms with Crippen molar-refractivity contribution in [1.82, 2.24) is 15.0 Å². The van der Waals surface area contributed by atoms with E-state index in [4.69, 9.17) is 19.4 Å². The van der Waals surface area contributed by atoms with E-state index in [1.54, 1.807) is 11.3 Å². The Morgan fingerprint density at radius 1 is 0.444 bits per heavy atom. The third-order valence-electron chi connectivity index (χ3n) is 10.4. The van der Waals surface area contributed by atoms with E-state index in [0.29, 0.717) is 23.0 Å². The summed E-state index contributed by atoms with van der Waals surface area (Å²) in [4.78, 5) is 15.8. The number of para-hydroxylation sites is 1. The first kappa shape index (κ1) is 30.4. The maximum absolute atomic E-state index is 9.39. The van der Waals surface area contributed by atoms with Crippen LogP contribution in [-0.2, 0) is 0 Å². The fourth-order valence-electron chi connectivity index (χ4n) is 7.79. The predicted molar refractivity (Wildman–Crippen MR) is 221 cm³/mol. The van der Waals surface area contributed by atoms with Gasteiger partial charge in [-0.05, 0) is 58.1 Å². The number of thiophene rings is 1. The van der Waals surface area contributed by atoms with Crippen molar-refractivity contribution in [3.05, 3.63) is 163 Å². The van der Waals surface area contributed by atoms with E-state index in [0.717, 1.165) is 76.7 Å². The SMILES string of the molecule is N#Cc1ccc(-c2cccc3c2oc2c4ccccc4c(-c4nc(-c5ccc6ccccc6c5)nc(-c5cccc6sc7ccccc7c56)n4)cc32)cc1. The number of aromatic nitrogens is 3. The van der Waals surface area contributed by atoms with Gasteiger partial charge in [-0.25, -0.2) is 15.0 Å². The minimum Gasteiger partial charge on any atom is -0.455 e. The first-order chi connectivity index (χ1) is 26.7. The number of fused-ring (bicyclic) bond motifs is 9. The number of hydrogen-bond acceptors (Lipinski definition) is 6. The lowest BCUT2D eigenvalue weighted by Crippen LogP contribution is -2.01. The third-order valence-corrected chi connectivity index (χ3v) is 11.5. The minimum absolute atomic E-state index is 0.593.